The van der Waals surface area contributed by atoms with Gasteiger partial charge in [-0.05, 0) is 42.9 Å². The number of methoxy groups -OCH3 is 1. The van der Waals surface area contributed by atoms with Gasteiger partial charge in [0.1, 0.15) is 5.75 Å². The lowest BCUT2D eigenvalue weighted by Crippen LogP contribution is -2.35. The molecule has 1 amide bonds. The summed E-state index contributed by atoms with van der Waals surface area (Å²) < 4.78 is 5.21. The number of amides is 1. The first-order chi connectivity index (χ1) is 9.21. The Morgan fingerprint density at radius 3 is 3.00 bits per heavy atom. The van der Waals surface area contributed by atoms with Gasteiger partial charge in [0.15, 0.2) is 0 Å². The van der Waals surface area contributed by atoms with Gasteiger partial charge < -0.3 is 9.64 Å². The van der Waals surface area contributed by atoms with Crippen LogP contribution in [0.5, 0.6) is 5.75 Å². The van der Waals surface area contributed by atoms with Crippen LogP contribution in [0.1, 0.15) is 29.6 Å². The fraction of sp³-hybridized carbons (Fsp3) is 0.467. The molecule has 0 radical (unpaired) electrons. The van der Waals surface area contributed by atoms with E-state index in [4.69, 9.17) is 4.74 Å². The molecule has 1 saturated carbocycles. The predicted molar refractivity (Wildman–Crippen MR) is 72.3 cm³/mol. The summed E-state index contributed by atoms with van der Waals surface area (Å²) in [6, 6.07) is 5.68. The fourth-order valence-electron chi connectivity index (χ4n) is 3.24. The molecule has 0 N–H and O–H groups in total. The Bertz CT molecular complexity index is 590. The van der Waals surface area contributed by atoms with Gasteiger partial charge in [0.05, 0.1) is 24.4 Å². The summed E-state index contributed by atoms with van der Waals surface area (Å²) in [7, 11) is 1.62. The van der Waals surface area contributed by atoms with Crippen molar-refractivity contribution < 1.29 is 9.53 Å². The van der Waals surface area contributed by atoms with Gasteiger partial charge in [-0.25, -0.2) is 0 Å². The van der Waals surface area contributed by atoms with E-state index in [0.29, 0.717) is 16.7 Å². The van der Waals surface area contributed by atoms with Crippen molar-refractivity contribution in [2.24, 2.45) is 10.4 Å². The van der Waals surface area contributed by atoms with Gasteiger partial charge in [-0.3, -0.25) is 9.79 Å². The van der Waals surface area contributed by atoms with E-state index in [1.807, 2.05) is 23.2 Å². The van der Waals surface area contributed by atoms with E-state index < -0.39 is 0 Å². The van der Waals surface area contributed by atoms with Gasteiger partial charge in [0, 0.05) is 12.8 Å². The average Bonchev–Trinajstić information content (AvgIpc) is 3.10. The molecule has 4 heteroatoms. The van der Waals surface area contributed by atoms with Crippen molar-refractivity contribution in [1.82, 2.24) is 4.90 Å². The van der Waals surface area contributed by atoms with Gasteiger partial charge >= 0.3 is 0 Å². The first-order valence-corrected chi connectivity index (χ1v) is 6.74. The van der Waals surface area contributed by atoms with E-state index in [0.717, 1.165) is 18.7 Å². The zero-order valence-corrected chi connectivity index (χ0v) is 10.9. The minimum atomic E-state index is 0.0974. The fourth-order valence-corrected chi connectivity index (χ4v) is 3.24. The number of hydrogen-bond donors (Lipinski definition) is 0. The molecule has 1 saturated heterocycles. The maximum Gasteiger partial charge on any atom is 0.256 e. The number of benzene rings is 1. The Morgan fingerprint density at radius 2 is 2.26 bits per heavy atom. The van der Waals surface area contributed by atoms with Crippen molar-refractivity contribution >= 4 is 17.8 Å². The third-order valence-corrected chi connectivity index (χ3v) is 4.59. The van der Waals surface area contributed by atoms with Gasteiger partial charge in [0.25, 0.3) is 5.91 Å². The second-order valence-corrected chi connectivity index (χ2v) is 5.87. The van der Waals surface area contributed by atoms with Crippen molar-refractivity contribution in [3.05, 3.63) is 23.8 Å². The molecule has 0 bridgehead atoms. The lowest BCUT2D eigenvalue weighted by atomic mass is 10.0. The molecular weight excluding hydrogens is 240 g/mol. The molecule has 2 fully saturated rings. The quantitative estimate of drug-likeness (QED) is 0.774. The minimum Gasteiger partial charge on any atom is -0.497 e. The smallest absolute Gasteiger partial charge is 0.256 e. The van der Waals surface area contributed by atoms with Crippen LogP contribution in [0, 0.1) is 5.41 Å². The van der Waals surface area contributed by atoms with Crippen molar-refractivity contribution in [3.63, 3.8) is 0 Å². The van der Waals surface area contributed by atoms with Crippen LogP contribution in [0.15, 0.2) is 23.2 Å². The molecule has 4 rings (SSSR count). The Morgan fingerprint density at radius 1 is 1.42 bits per heavy atom. The molecule has 2 heterocycles. The highest BCUT2D eigenvalue weighted by Gasteiger charge is 2.53. The van der Waals surface area contributed by atoms with Gasteiger partial charge in [-0.2, -0.15) is 0 Å². The van der Waals surface area contributed by atoms with Crippen LogP contribution in [0.25, 0.3) is 0 Å². The van der Waals surface area contributed by atoms with Crippen LogP contribution in [-0.4, -0.2) is 36.7 Å². The maximum atomic E-state index is 12.7. The van der Waals surface area contributed by atoms with Crippen molar-refractivity contribution in [1.29, 1.82) is 0 Å². The normalized spacial score (nSPS) is 26.1. The van der Waals surface area contributed by atoms with E-state index in [1.54, 1.807) is 13.2 Å². The third-order valence-electron chi connectivity index (χ3n) is 4.59. The summed E-state index contributed by atoms with van der Waals surface area (Å²) in [5.41, 5.74) is 1.82. The molecular formula is C15H16N2O2. The highest BCUT2D eigenvalue weighted by Crippen LogP contribution is 2.55. The number of carbonyl (C=O) groups is 1. The van der Waals surface area contributed by atoms with Crippen LogP contribution in [0.4, 0.5) is 5.69 Å². The van der Waals surface area contributed by atoms with Crippen LogP contribution >= 0.6 is 0 Å². The number of hydrogen-bond acceptors (Lipinski definition) is 3. The molecule has 4 nitrogen and oxygen atoms in total. The monoisotopic (exact) mass is 256 g/mol. The van der Waals surface area contributed by atoms with E-state index in [2.05, 4.69) is 4.99 Å². The summed E-state index contributed by atoms with van der Waals surface area (Å²) >= 11 is 0. The van der Waals surface area contributed by atoms with Crippen molar-refractivity contribution in [3.8, 4) is 5.75 Å². The Labute approximate surface area is 112 Å². The lowest BCUT2D eigenvalue weighted by Gasteiger charge is -2.20. The summed E-state index contributed by atoms with van der Waals surface area (Å²) in [5.74, 6) is 0.807. The van der Waals surface area contributed by atoms with E-state index in [1.165, 1.54) is 12.8 Å². The second kappa shape index (κ2) is 3.59. The summed E-state index contributed by atoms with van der Waals surface area (Å²) in [4.78, 5) is 19.2. The van der Waals surface area contributed by atoms with Crippen LogP contribution in [0.2, 0.25) is 0 Å². The predicted octanol–water partition coefficient (Wildman–Crippen LogP) is 2.41. The zero-order chi connectivity index (χ0) is 13.0. The Kier molecular flexibility index (Phi) is 2.08. The number of aliphatic imine (C=N–C) groups is 1. The number of ether oxygens (including phenoxy) is 1. The summed E-state index contributed by atoms with van der Waals surface area (Å²) in [5, 5.41) is 0. The molecule has 1 spiro atoms. The molecule has 1 atom stereocenters. The van der Waals surface area contributed by atoms with Crippen LogP contribution in [-0.2, 0) is 0 Å². The molecule has 1 aromatic rings. The first-order valence-electron chi connectivity index (χ1n) is 6.74. The molecule has 1 aromatic carbocycles. The van der Waals surface area contributed by atoms with Crippen LogP contribution in [0.3, 0.4) is 0 Å². The Hall–Kier alpha value is -1.84. The highest BCUT2D eigenvalue weighted by molar-refractivity contribution is 6.03. The van der Waals surface area contributed by atoms with E-state index in [-0.39, 0.29) is 11.9 Å². The highest BCUT2D eigenvalue weighted by atomic mass is 16.5. The molecule has 19 heavy (non-hydrogen) atoms. The van der Waals surface area contributed by atoms with E-state index in [9.17, 15) is 4.79 Å². The number of nitrogens with zero attached hydrogens (tertiary/aromatic N) is 2. The third kappa shape index (κ3) is 1.59. The summed E-state index contributed by atoms with van der Waals surface area (Å²) in [6.07, 6.45) is 5.54. The molecule has 2 aliphatic heterocycles. The standard InChI is InChI=1S/C15H16N2O2/c1-19-11-2-3-13-12(6-11)14(18)17-9-15(4-5-15)7-10(17)8-16-13/h2-3,6,8,10H,4-5,7,9H2,1H3. The SMILES string of the molecule is COc1ccc2c(c1)C(=O)N1CC3(CC3)CC1C=N2. The van der Waals surface area contributed by atoms with Crippen molar-refractivity contribution in [2.75, 3.05) is 13.7 Å². The second-order valence-electron chi connectivity index (χ2n) is 5.87. The first kappa shape index (κ1) is 11.0. The largest absolute Gasteiger partial charge is 0.497 e. The molecule has 3 aliphatic rings. The zero-order valence-electron chi connectivity index (χ0n) is 10.9. The van der Waals surface area contributed by atoms with E-state index >= 15 is 0 Å². The van der Waals surface area contributed by atoms with Gasteiger partial charge in [-0.15, -0.1) is 0 Å². The molecule has 0 aromatic heterocycles. The lowest BCUT2D eigenvalue weighted by molar-refractivity contribution is 0.0767. The molecule has 1 aliphatic carbocycles. The van der Waals surface area contributed by atoms with Gasteiger partial charge in [0.2, 0.25) is 0 Å². The molecule has 98 valence electrons. The molecule has 1 unspecified atom stereocenters. The van der Waals surface area contributed by atoms with Gasteiger partial charge in [-0.1, -0.05) is 0 Å². The topological polar surface area (TPSA) is 41.9 Å². The maximum absolute atomic E-state index is 12.7. The van der Waals surface area contributed by atoms with Crippen molar-refractivity contribution in [2.45, 2.75) is 25.3 Å². The number of carbonyl (C=O) groups excluding carboxylic acids is 1. The minimum absolute atomic E-state index is 0.0974. The Balaban J connectivity index is 1.77. The number of fused-ring (bicyclic) bond motifs is 2. The summed E-state index contributed by atoms with van der Waals surface area (Å²) in [6.45, 7) is 0.888. The number of rotatable bonds is 1. The van der Waals surface area contributed by atoms with Crippen LogP contribution < -0.4 is 4.74 Å². The average molecular weight is 256 g/mol.